The fourth-order valence-electron chi connectivity index (χ4n) is 10.1. The number of nitrogens with one attached hydrogen (secondary N) is 3. The van der Waals surface area contributed by atoms with Crippen LogP contribution < -0.4 is 30.7 Å². The smallest absolute Gasteiger partial charge is 0.243 e. The lowest BCUT2D eigenvalue weighted by Crippen LogP contribution is -2.42. The van der Waals surface area contributed by atoms with E-state index in [1.165, 1.54) is 67.6 Å². The molecule has 2 aromatic carbocycles. The van der Waals surface area contributed by atoms with E-state index in [4.69, 9.17) is 9.97 Å². The van der Waals surface area contributed by atoms with Gasteiger partial charge in [-0.05, 0) is 124 Å². The van der Waals surface area contributed by atoms with Crippen LogP contribution in [0.25, 0.3) is 11.4 Å². The molecule has 4 aliphatic rings. The molecule has 2 aromatic heterocycles. The summed E-state index contributed by atoms with van der Waals surface area (Å²) in [6.45, 7) is 10.1. The zero-order valence-electron chi connectivity index (χ0n) is 35.5. The normalized spacial score (nSPS) is 21.4. The van der Waals surface area contributed by atoms with E-state index in [1.54, 1.807) is 12.1 Å². The van der Waals surface area contributed by atoms with E-state index in [1.807, 2.05) is 6.07 Å². The fraction of sp³-hybridized carbons (Fsp3) is 0.500. The highest BCUT2D eigenvalue weighted by atomic mass is 19.1. The van der Waals surface area contributed by atoms with E-state index >= 15 is 0 Å². The number of anilines is 5. The SMILES string of the molecule is C=CC(=O)NCCCCC1CCN(c2cc(N[C@@H]3CCCN(c4cccc(F)c4)C3)nc(-c3cc(N4CCCCC4)cc(N[C@H]4CCC[C@H](c5ccccc5)C4)n3)c2)CC1. The van der Waals surface area contributed by atoms with Gasteiger partial charge < -0.3 is 30.7 Å². The van der Waals surface area contributed by atoms with Gasteiger partial charge in [-0.2, -0.15) is 0 Å². The molecule has 0 spiro atoms. The average molecular weight is 813 g/mol. The summed E-state index contributed by atoms with van der Waals surface area (Å²) >= 11 is 0. The Morgan fingerprint density at radius 2 is 1.37 bits per heavy atom. The van der Waals surface area contributed by atoms with Crippen molar-refractivity contribution in [3.05, 3.63) is 103 Å². The first-order valence-electron chi connectivity index (χ1n) is 23.0. The maximum absolute atomic E-state index is 14.3. The zero-order valence-corrected chi connectivity index (χ0v) is 35.5. The topological polar surface area (TPSA) is 88.7 Å². The summed E-state index contributed by atoms with van der Waals surface area (Å²) in [7, 11) is 0. The zero-order chi connectivity index (χ0) is 41.1. The number of hydrogen-bond acceptors (Lipinski definition) is 8. The van der Waals surface area contributed by atoms with Gasteiger partial charge in [0, 0.05) is 87.1 Å². The van der Waals surface area contributed by atoms with Crippen LogP contribution in [0.5, 0.6) is 0 Å². The number of aromatic nitrogens is 2. The second kappa shape index (κ2) is 20.4. The minimum atomic E-state index is -0.199. The van der Waals surface area contributed by atoms with Gasteiger partial charge in [-0.15, -0.1) is 0 Å². The number of hydrogen-bond donors (Lipinski definition) is 3. The molecule has 0 unspecified atom stereocenters. The third kappa shape index (κ3) is 11.2. The number of carbonyl (C=O) groups excluding carboxylic acids is 1. The van der Waals surface area contributed by atoms with Crippen molar-refractivity contribution in [2.24, 2.45) is 5.92 Å². The first-order valence-corrected chi connectivity index (χ1v) is 23.0. The van der Waals surface area contributed by atoms with E-state index in [-0.39, 0.29) is 17.8 Å². The molecule has 3 aliphatic heterocycles. The third-order valence-corrected chi connectivity index (χ3v) is 13.4. The lowest BCUT2D eigenvalue weighted by Gasteiger charge is -2.36. The minimum Gasteiger partial charge on any atom is -0.371 e. The number of benzene rings is 2. The van der Waals surface area contributed by atoms with Crippen LogP contribution in [0.2, 0.25) is 0 Å². The van der Waals surface area contributed by atoms with E-state index < -0.39 is 0 Å². The molecule has 3 atom stereocenters. The van der Waals surface area contributed by atoms with Crippen LogP contribution in [-0.4, -0.2) is 73.8 Å². The molecule has 1 amide bonds. The number of halogens is 1. The highest BCUT2D eigenvalue weighted by Gasteiger charge is 2.27. The van der Waals surface area contributed by atoms with Crippen molar-refractivity contribution in [1.29, 1.82) is 0 Å². The molecule has 4 aromatic rings. The first-order chi connectivity index (χ1) is 29.5. The Balaban J connectivity index is 1.05. The van der Waals surface area contributed by atoms with Crippen molar-refractivity contribution < 1.29 is 9.18 Å². The Hall–Kier alpha value is -5.12. The Labute approximate surface area is 357 Å². The highest BCUT2D eigenvalue weighted by molar-refractivity contribution is 5.86. The van der Waals surface area contributed by atoms with Crippen LogP contribution in [0.3, 0.4) is 0 Å². The fourth-order valence-corrected chi connectivity index (χ4v) is 10.1. The highest BCUT2D eigenvalue weighted by Crippen LogP contribution is 2.37. The number of amides is 1. The summed E-state index contributed by atoms with van der Waals surface area (Å²) in [5.74, 6) is 2.76. The van der Waals surface area contributed by atoms with Gasteiger partial charge in [-0.25, -0.2) is 14.4 Å². The second-order valence-corrected chi connectivity index (χ2v) is 17.7. The molecule has 3 saturated heterocycles. The predicted molar refractivity (Wildman–Crippen MR) is 246 cm³/mol. The van der Waals surface area contributed by atoms with Gasteiger partial charge in [0.15, 0.2) is 0 Å². The molecule has 8 rings (SSSR count). The van der Waals surface area contributed by atoms with Gasteiger partial charge in [-0.1, -0.05) is 62.2 Å². The largest absolute Gasteiger partial charge is 0.371 e. The van der Waals surface area contributed by atoms with Crippen molar-refractivity contribution in [3.63, 3.8) is 0 Å². The van der Waals surface area contributed by atoms with E-state index in [9.17, 15) is 9.18 Å². The minimum absolute atomic E-state index is 0.0941. The Bertz CT molecular complexity index is 2010. The standard InChI is InChI=1S/C50H65FN8O/c1-2-50(60)52-24-8-7-14-37-22-28-58(29-23-37)45-33-47(56-49(35-45)54-42-20-13-27-59(36-42)43-21-12-18-40(51)31-43)46-32-44(57-25-9-4-10-26-57)34-48(55-46)53-41-19-11-17-39(30-41)38-15-5-3-6-16-38/h2-3,5-6,12,15-16,18,21,31-35,37,39,41-42H,1,4,7-11,13-14,17,19-20,22-30,36H2,(H,52,60)(H,53,55)(H,54,56)/t39-,41-,42+/m0/s1. The van der Waals surface area contributed by atoms with Crippen molar-refractivity contribution in [3.8, 4) is 11.4 Å². The molecule has 9 nitrogen and oxygen atoms in total. The summed E-state index contributed by atoms with van der Waals surface area (Å²) < 4.78 is 14.3. The van der Waals surface area contributed by atoms with Crippen molar-refractivity contribution in [1.82, 2.24) is 15.3 Å². The van der Waals surface area contributed by atoms with Crippen LogP contribution in [0.4, 0.5) is 33.1 Å². The number of pyridine rings is 2. The Morgan fingerprint density at radius 1 is 0.683 bits per heavy atom. The van der Waals surface area contributed by atoms with Gasteiger partial charge in [0.1, 0.15) is 17.5 Å². The summed E-state index contributed by atoms with van der Waals surface area (Å²) in [6, 6.07) is 27.6. The summed E-state index contributed by atoms with van der Waals surface area (Å²) in [6.07, 6.45) is 17.4. The molecule has 0 bridgehead atoms. The van der Waals surface area contributed by atoms with Crippen LogP contribution in [-0.2, 0) is 4.79 Å². The Kier molecular flexibility index (Phi) is 14.2. The van der Waals surface area contributed by atoms with Gasteiger partial charge >= 0.3 is 0 Å². The first kappa shape index (κ1) is 41.6. The molecular formula is C50H65FN8O. The quantitative estimate of drug-likeness (QED) is 0.0808. The number of rotatable bonds is 15. The molecule has 318 valence electrons. The van der Waals surface area contributed by atoms with Crippen LogP contribution >= 0.6 is 0 Å². The summed E-state index contributed by atoms with van der Waals surface area (Å²) in [5, 5.41) is 10.7. The molecule has 3 N–H and O–H groups in total. The van der Waals surface area contributed by atoms with E-state index in [2.05, 4.69) is 91.8 Å². The summed E-state index contributed by atoms with van der Waals surface area (Å²) in [5.41, 5.74) is 6.58. The molecule has 60 heavy (non-hydrogen) atoms. The molecule has 10 heteroatoms. The van der Waals surface area contributed by atoms with E-state index in [0.29, 0.717) is 24.4 Å². The lowest BCUT2D eigenvalue weighted by molar-refractivity contribution is -0.116. The number of unbranched alkanes of at least 4 members (excludes halogenated alkanes) is 1. The van der Waals surface area contributed by atoms with Gasteiger partial charge in [0.25, 0.3) is 0 Å². The molecule has 1 saturated carbocycles. The van der Waals surface area contributed by atoms with Crippen molar-refractivity contribution in [2.45, 2.75) is 108 Å². The van der Waals surface area contributed by atoms with Gasteiger partial charge in [0.2, 0.25) is 5.91 Å². The van der Waals surface area contributed by atoms with Gasteiger partial charge in [-0.3, -0.25) is 4.79 Å². The monoisotopic (exact) mass is 813 g/mol. The number of carbonyl (C=O) groups is 1. The van der Waals surface area contributed by atoms with Crippen LogP contribution in [0.1, 0.15) is 101 Å². The van der Waals surface area contributed by atoms with Crippen LogP contribution in [0.15, 0.2) is 91.5 Å². The average Bonchev–Trinajstić information content (AvgIpc) is 3.29. The molecular weight excluding hydrogens is 748 g/mol. The van der Waals surface area contributed by atoms with Crippen LogP contribution in [0, 0.1) is 11.7 Å². The lowest BCUT2D eigenvalue weighted by atomic mass is 9.81. The van der Waals surface area contributed by atoms with E-state index in [0.717, 1.165) is 119 Å². The molecule has 0 radical (unpaired) electrons. The number of nitrogens with zero attached hydrogens (tertiary/aromatic N) is 5. The molecule has 1 aliphatic carbocycles. The molecule has 4 fully saturated rings. The number of piperidine rings is 3. The van der Waals surface area contributed by atoms with Crippen molar-refractivity contribution >= 4 is 34.6 Å². The maximum Gasteiger partial charge on any atom is 0.243 e. The predicted octanol–water partition coefficient (Wildman–Crippen LogP) is 10.2. The second-order valence-electron chi connectivity index (χ2n) is 17.7. The third-order valence-electron chi connectivity index (χ3n) is 13.4. The maximum atomic E-state index is 14.3. The van der Waals surface area contributed by atoms with Gasteiger partial charge in [0.05, 0.1) is 11.4 Å². The van der Waals surface area contributed by atoms with Crippen molar-refractivity contribution in [2.75, 3.05) is 71.1 Å². The Morgan fingerprint density at radius 3 is 2.08 bits per heavy atom. The molecule has 5 heterocycles. The summed E-state index contributed by atoms with van der Waals surface area (Å²) in [4.78, 5) is 29.7.